The molecule has 1 fully saturated rings. The zero-order valence-electron chi connectivity index (χ0n) is 16.6. The van der Waals surface area contributed by atoms with Crippen molar-refractivity contribution in [1.82, 2.24) is 4.90 Å². The zero-order valence-corrected chi connectivity index (χ0v) is 17.4. The molecule has 1 saturated heterocycles. The summed E-state index contributed by atoms with van der Waals surface area (Å²) in [5.74, 6) is 1.24. The molecule has 2 amide bonds. The number of benzene rings is 2. The molecule has 0 radical (unpaired) electrons. The zero-order chi connectivity index (χ0) is 21.1. The van der Waals surface area contributed by atoms with E-state index in [2.05, 4.69) is 10.5 Å². The first-order valence-corrected chi connectivity index (χ1v) is 10.9. The first kappa shape index (κ1) is 20.4. The van der Waals surface area contributed by atoms with E-state index in [1.165, 1.54) is 12.1 Å². The number of hydrogen-bond acceptors (Lipinski definition) is 5. The predicted molar refractivity (Wildman–Crippen MR) is 115 cm³/mol. The largest absolute Gasteiger partial charge is 0.382 e. The van der Waals surface area contributed by atoms with Gasteiger partial charge in [0.1, 0.15) is 5.82 Å². The summed E-state index contributed by atoms with van der Waals surface area (Å²) in [5.41, 5.74) is 3.16. The first-order chi connectivity index (χ1) is 14.5. The summed E-state index contributed by atoms with van der Waals surface area (Å²) in [4.78, 5) is 32.4. The number of oxime groups is 1. The highest BCUT2D eigenvalue weighted by atomic mass is 32.2. The number of carbonyl (C=O) groups is 2. The van der Waals surface area contributed by atoms with Gasteiger partial charge in [-0.1, -0.05) is 17.3 Å². The van der Waals surface area contributed by atoms with Gasteiger partial charge in [-0.25, -0.2) is 4.39 Å². The lowest BCUT2D eigenvalue weighted by molar-refractivity contribution is -0.125. The number of carbonyl (C=O) groups excluding carboxylic acids is 2. The average Bonchev–Trinajstić information content (AvgIpc) is 3.26. The normalized spacial score (nSPS) is 18.5. The van der Waals surface area contributed by atoms with Crippen LogP contribution in [0, 0.1) is 12.7 Å². The van der Waals surface area contributed by atoms with Crippen molar-refractivity contribution in [3.05, 3.63) is 65.0 Å². The quantitative estimate of drug-likeness (QED) is 0.811. The summed E-state index contributed by atoms with van der Waals surface area (Å²) < 4.78 is 13.4. The van der Waals surface area contributed by atoms with Crippen LogP contribution in [0.3, 0.4) is 0 Å². The van der Waals surface area contributed by atoms with Crippen molar-refractivity contribution in [2.75, 3.05) is 29.9 Å². The molecule has 2 aliphatic rings. The fourth-order valence-corrected chi connectivity index (χ4v) is 4.36. The smallest absolute Gasteiger partial charge is 0.268 e. The fraction of sp³-hybridized carbons (Fsp3) is 0.318. The van der Waals surface area contributed by atoms with E-state index >= 15 is 0 Å². The standard InChI is InChI=1S/C22H22FN3O3S/c1-14-11-16(22(28)26-7-9-30-10-8-26)5-6-18(14)24-21(27)20-13-19(25-29-20)15-3-2-4-17(23)12-15/h2-6,11-12,20H,7-10,13H2,1H3,(H,24,27). The van der Waals surface area contributed by atoms with Gasteiger partial charge in [-0.05, 0) is 42.8 Å². The second-order valence-corrected chi connectivity index (χ2v) is 8.49. The van der Waals surface area contributed by atoms with Crippen LogP contribution >= 0.6 is 11.8 Å². The summed E-state index contributed by atoms with van der Waals surface area (Å²) in [6.07, 6.45) is -0.521. The summed E-state index contributed by atoms with van der Waals surface area (Å²) in [7, 11) is 0. The van der Waals surface area contributed by atoms with E-state index in [9.17, 15) is 14.0 Å². The highest BCUT2D eigenvalue weighted by Crippen LogP contribution is 2.22. The topological polar surface area (TPSA) is 71.0 Å². The molecular weight excluding hydrogens is 405 g/mol. The van der Waals surface area contributed by atoms with Crippen molar-refractivity contribution in [3.63, 3.8) is 0 Å². The molecule has 8 heteroatoms. The van der Waals surface area contributed by atoms with Gasteiger partial charge in [0.15, 0.2) is 0 Å². The summed E-state index contributed by atoms with van der Waals surface area (Å²) in [5, 5.41) is 6.78. The molecule has 2 aromatic carbocycles. The lowest BCUT2D eigenvalue weighted by Crippen LogP contribution is -2.37. The Balaban J connectivity index is 1.38. The van der Waals surface area contributed by atoms with Crippen molar-refractivity contribution in [1.29, 1.82) is 0 Å². The lowest BCUT2D eigenvalue weighted by Gasteiger charge is -2.26. The molecule has 2 aromatic rings. The molecule has 2 aliphatic heterocycles. The van der Waals surface area contributed by atoms with E-state index in [1.807, 2.05) is 23.6 Å². The number of nitrogens with zero attached hydrogens (tertiary/aromatic N) is 2. The number of hydrogen-bond donors (Lipinski definition) is 1. The Morgan fingerprint density at radius 1 is 1.20 bits per heavy atom. The third-order valence-corrected chi connectivity index (χ3v) is 6.09. The van der Waals surface area contributed by atoms with Gasteiger partial charge >= 0.3 is 0 Å². The van der Waals surface area contributed by atoms with E-state index in [4.69, 9.17) is 4.84 Å². The van der Waals surface area contributed by atoms with Gasteiger partial charge in [0, 0.05) is 47.8 Å². The lowest BCUT2D eigenvalue weighted by atomic mass is 10.0. The SMILES string of the molecule is Cc1cc(C(=O)N2CCSCC2)ccc1NC(=O)C1CC(c2cccc(F)c2)=NO1. The van der Waals surface area contributed by atoms with Crippen molar-refractivity contribution < 1.29 is 18.8 Å². The van der Waals surface area contributed by atoms with Gasteiger partial charge in [-0.2, -0.15) is 11.8 Å². The molecule has 2 heterocycles. The van der Waals surface area contributed by atoms with Crippen LogP contribution in [-0.2, 0) is 9.63 Å². The third kappa shape index (κ3) is 4.48. The van der Waals surface area contributed by atoms with Crippen LogP contribution in [0.4, 0.5) is 10.1 Å². The molecule has 4 rings (SSSR count). The van der Waals surface area contributed by atoms with Crippen molar-refractivity contribution >= 4 is 35.0 Å². The maximum Gasteiger partial charge on any atom is 0.268 e. The second kappa shape index (κ2) is 8.87. The van der Waals surface area contributed by atoms with Gasteiger partial charge in [0.05, 0.1) is 5.71 Å². The Hall–Kier alpha value is -2.87. The molecule has 1 atom stereocenters. The number of halogens is 1. The van der Waals surface area contributed by atoms with Crippen LogP contribution in [0.15, 0.2) is 47.6 Å². The first-order valence-electron chi connectivity index (χ1n) is 9.78. The monoisotopic (exact) mass is 427 g/mol. The number of amides is 2. The van der Waals surface area contributed by atoms with E-state index in [-0.39, 0.29) is 24.1 Å². The van der Waals surface area contributed by atoms with E-state index in [1.54, 1.807) is 30.3 Å². The molecule has 156 valence electrons. The Morgan fingerprint density at radius 3 is 2.73 bits per heavy atom. The maximum absolute atomic E-state index is 13.4. The van der Waals surface area contributed by atoms with Crippen molar-refractivity contribution in [3.8, 4) is 0 Å². The average molecular weight is 428 g/mol. The minimum atomic E-state index is -0.783. The molecule has 0 spiro atoms. The molecule has 0 saturated carbocycles. The van der Waals surface area contributed by atoms with Gasteiger partial charge in [-0.15, -0.1) is 0 Å². The van der Waals surface area contributed by atoms with Gasteiger partial charge < -0.3 is 15.1 Å². The minimum absolute atomic E-state index is 0.0172. The molecule has 0 bridgehead atoms. The van der Waals surface area contributed by atoms with Crippen molar-refractivity contribution in [2.45, 2.75) is 19.4 Å². The Labute approximate surface area is 178 Å². The maximum atomic E-state index is 13.4. The highest BCUT2D eigenvalue weighted by molar-refractivity contribution is 7.99. The summed E-state index contributed by atoms with van der Waals surface area (Å²) in [6, 6.07) is 11.3. The van der Waals surface area contributed by atoms with Gasteiger partial charge in [0.2, 0.25) is 6.10 Å². The Kier molecular flexibility index (Phi) is 6.03. The molecule has 1 unspecified atom stereocenters. The molecule has 0 aliphatic carbocycles. The molecule has 6 nitrogen and oxygen atoms in total. The molecule has 1 N–H and O–H groups in total. The number of anilines is 1. The van der Waals surface area contributed by atoms with Gasteiger partial charge in [-0.3, -0.25) is 9.59 Å². The summed E-state index contributed by atoms with van der Waals surface area (Å²) >= 11 is 1.85. The Bertz CT molecular complexity index is 1000. The van der Waals surface area contributed by atoms with E-state index < -0.39 is 6.10 Å². The van der Waals surface area contributed by atoms with Crippen LogP contribution in [-0.4, -0.2) is 53.1 Å². The van der Waals surface area contributed by atoms with E-state index in [0.717, 1.165) is 30.2 Å². The van der Waals surface area contributed by atoms with E-state index in [0.29, 0.717) is 22.5 Å². The van der Waals surface area contributed by atoms with Crippen LogP contribution in [0.25, 0.3) is 0 Å². The highest BCUT2D eigenvalue weighted by Gasteiger charge is 2.29. The molecule has 0 aromatic heterocycles. The van der Waals surface area contributed by atoms with Crippen molar-refractivity contribution in [2.24, 2.45) is 5.16 Å². The van der Waals surface area contributed by atoms with Crippen LogP contribution in [0.5, 0.6) is 0 Å². The number of aryl methyl sites for hydroxylation is 1. The fourth-order valence-electron chi connectivity index (χ4n) is 3.46. The second-order valence-electron chi connectivity index (χ2n) is 7.27. The van der Waals surface area contributed by atoms with Crippen LogP contribution in [0.2, 0.25) is 0 Å². The van der Waals surface area contributed by atoms with Gasteiger partial charge in [0.25, 0.3) is 11.8 Å². The predicted octanol–water partition coefficient (Wildman–Crippen LogP) is 3.45. The summed E-state index contributed by atoms with van der Waals surface area (Å²) in [6.45, 7) is 3.37. The van der Waals surface area contributed by atoms with Crippen LogP contribution < -0.4 is 5.32 Å². The molecular formula is C22H22FN3O3S. The number of nitrogens with one attached hydrogen (secondary N) is 1. The Morgan fingerprint density at radius 2 is 2.00 bits per heavy atom. The third-order valence-electron chi connectivity index (χ3n) is 5.15. The number of rotatable bonds is 4. The van der Waals surface area contributed by atoms with Crippen LogP contribution in [0.1, 0.15) is 27.9 Å². The molecule has 30 heavy (non-hydrogen) atoms. The minimum Gasteiger partial charge on any atom is -0.382 e. The number of thioether (sulfide) groups is 1.